The molecule has 0 N–H and O–H groups in total. The van der Waals surface area contributed by atoms with Gasteiger partial charge in [0.15, 0.2) is 0 Å². The van der Waals surface area contributed by atoms with Crippen molar-refractivity contribution in [1.82, 2.24) is 4.90 Å². The fourth-order valence-corrected chi connectivity index (χ4v) is 0.900. The molecule has 0 bridgehead atoms. The second-order valence-electron chi connectivity index (χ2n) is 3.55. The van der Waals surface area contributed by atoms with Crippen LogP contribution in [0.4, 0.5) is 0 Å². The maximum atomic E-state index is 2.25. The van der Waals surface area contributed by atoms with Crippen molar-refractivity contribution < 1.29 is 0 Å². The highest BCUT2D eigenvalue weighted by molar-refractivity contribution is 4.36. The molecular formula is C12H29N. The summed E-state index contributed by atoms with van der Waals surface area (Å²) < 4.78 is 0. The summed E-state index contributed by atoms with van der Waals surface area (Å²) >= 11 is 0. The van der Waals surface area contributed by atoms with E-state index in [9.17, 15) is 0 Å². The molecule has 0 saturated carbocycles. The van der Waals surface area contributed by atoms with Gasteiger partial charge in [0.1, 0.15) is 0 Å². The van der Waals surface area contributed by atoms with E-state index in [2.05, 4.69) is 39.6 Å². The summed E-state index contributed by atoms with van der Waals surface area (Å²) in [7, 11) is 2.11. The summed E-state index contributed by atoms with van der Waals surface area (Å²) in [6.45, 7) is 11.1. The van der Waals surface area contributed by atoms with E-state index >= 15 is 0 Å². The van der Waals surface area contributed by atoms with E-state index in [0.29, 0.717) is 0 Å². The fourth-order valence-electron chi connectivity index (χ4n) is 0.900. The van der Waals surface area contributed by atoms with Crippen LogP contribution in [0.2, 0.25) is 0 Å². The van der Waals surface area contributed by atoms with E-state index in [1.807, 2.05) is 0 Å². The molecule has 0 aliphatic rings. The molecule has 82 valence electrons. The minimum Gasteiger partial charge on any atom is -0.307 e. The smallest absolute Gasteiger partial charge is 0.00504 e. The maximum absolute atomic E-state index is 2.25. The lowest BCUT2D eigenvalue weighted by Crippen LogP contribution is -2.15. The van der Waals surface area contributed by atoms with E-state index in [0.717, 1.165) is 13.1 Å². The molecule has 0 aromatic rings. The SMILES string of the molecule is CCCCCCC.CCN(C)CC. The number of hydrogen-bond donors (Lipinski definition) is 0. The van der Waals surface area contributed by atoms with Crippen LogP contribution in [0, 0.1) is 0 Å². The zero-order chi connectivity index (χ0) is 10.5. The van der Waals surface area contributed by atoms with Gasteiger partial charge in [-0.2, -0.15) is 0 Å². The first-order chi connectivity index (χ1) is 6.22. The average molecular weight is 187 g/mol. The monoisotopic (exact) mass is 187 g/mol. The molecule has 0 heterocycles. The van der Waals surface area contributed by atoms with Crippen molar-refractivity contribution in [3.05, 3.63) is 0 Å². The third-order valence-corrected chi connectivity index (χ3v) is 2.29. The lowest BCUT2D eigenvalue weighted by atomic mass is 10.2. The van der Waals surface area contributed by atoms with Gasteiger partial charge in [-0.3, -0.25) is 0 Å². The number of rotatable bonds is 6. The van der Waals surface area contributed by atoms with Crippen LogP contribution < -0.4 is 0 Å². The van der Waals surface area contributed by atoms with Crippen LogP contribution >= 0.6 is 0 Å². The van der Waals surface area contributed by atoms with Crippen molar-refractivity contribution in [2.45, 2.75) is 59.8 Å². The standard InChI is InChI=1S/C7H16.C5H13N/c1-3-5-7-6-4-2;1-4-6(3)5-2/h3-7H2,1-2H3;4-5H2,1-3H3. The van der Waals surface area contributed by atoms with Crippen molar-refractivity contribution in [1.29, 1.82) is 0 Å². The van der Waals surface area contributed by atoms with Gasteiger partial charge < -0.3 is 4.90 Å². The van der Waals surface area contributed by atoms with Gasteiger partial charge in [0, 0.05) is 0 Å². The Morgan fingerprint density at radius 1 is 0.692 bits per heavy atom. The summed E-state index contributed by atoms with van der Waals surface area (Å²) in [5.74, 6) is 0. The molecule has 0 amide bonds. The van der Waals surface area contributed by atoms with E-state index in [1.165, 1.54) is 32.1 Å². The molecule has 0 atom stereocenters. The van der Waals surface area contributed by atoms with Crippen molar-refractivity contribution in [3.63, 3.8) is 0 Å². The van der Waals surface area contributed by atoms with Crippen molar-refractivity contribution in [2.75, 3.05) is 20.1 Å². The van der Waals surface area contributed by atoms with Gasteiger partial charge >= 0.3 is 0 Å². The Kier molecular flexibility index (Phi) is 17.2. The molecule has 0 radical (unpaired) electrons. The summed E-state index contributed by atoms with van der Waals surface area (Å²) in [4.78, 5) is 2.25. The fraction of sp³-hybridized carbons (Fsp3) is 1.00. The lowest BCUT2D eigenvalue weighted by molar-refractivity contribution is 0.373. The van der Waals surface area contributed by atoms with Gasteiger partial charge in [-0.1, -0.05) is 59.8 Å². The third kappa shape index (κ3) is 18.7. The van der Waals surface area contributed by atoms with Gasteiger partial charge in [0.2, 0.25) is 0 Å². The van der Waals surface area contributed by atoms with E-state index < -0.39 is 0 Å². The topological polar surface area (TPSA) is 3.24 Å². The van der Waals surface area contributed by atoms with Crippen LogP contribution in [-0.4, -0.2) is 25.0 Å². The normalized spacial score (nSPS) is 9.69. The molecule has 0 fully saturated rings. The molecule has 0 spiro atoms. The van der Waals surface area contributed by atoms with Gasteiger partial charge in [0.25, 0.3) is 0 Å². The summed E-state index contributed by atoms with van der Waals surface area (Å²) in [6, 6.07) is 0. The molecule has 0 aliphatic heterocycles. The Balaban J connectivity index is 0. The van der Waals surface area contributed by atoms with Crippen LogP contribution in [0.5, 0.6) is 0 Å². The Morgan fingerprint density at radius 2 is 1.08 bits per heavy atom. The highest BCUT2D eigenvalue weighted by atomic mass is 15.1. The Morgan fingerprint density at radius 3 is 1.23 bits per heavy atom. The molecule has 0 aliphatic carbocycles. The first-order valence-electron chi connectivity index (χ1n) is 5.91. The van der Waals surface area contributed by atoms with Gasteiger partial charge in [-0.05, 0) is 20.1 Å². The van der Waals surface area contributed by atoms with Crippen molar-refractivity contribution >= 4 is 0 Å². The van der Waals surface area contributed by atoms with Crippen LogP contribution in [0.15, 0.2) is 0 Å². The summed E-state index contributed by atoms with van der Waals surface area (Å²) in [5, 5.41) is 0. The van der Waals surface area contributed by atoms with Gasteiger partial charge in [-0.25, -0.2) is 0 Å². The predicted octanol–water partition coefficient (Wildman–Crippen LogP) is 3.93. The minimum absolute atomic E-state index is 1.16. The van der Waals surface area contributed by atoms with E-state index in [-0.39, 0.29) is 0 Å². The molecule has 13 heavy (non-hydrogen) atoms. The van der Waals surface area contributed by atoms with Crippen LogP contribution in [0.1, 0.15) is 59.8 Å². The average Bonchev–Trinajstić information content (AvgIpc) is 2.18. The zero-order valence-corrected chi connectivity index (χ0v) is 10.4. The lowest BCUT2D eigenvalue weighted by Gasteiger charge is -2.07. The quantitative estimate of drug-likeness (QED) is 0.569. The summed E-state index contributed by atoms with van der Waals surface area (Å²) in [6.07, 6.45) is 7.01. The highest BCUT2D eigenvalue weighted by Gasteiger charge is 1.81. The van der Waals surface area contributed by atoms with Gasteiger partial charge in [0.05, 0.1) is 0 Å². The Hall–Kier alpha value is -0.0400. The number of hydrogen-bond acceptors (Lipinski definition) is 1. The van der Waals surface area contributed by atoms with Gasteiger partial charge in [-0.15, -0.1) is 0 Å². The molecule has 0 rings (SSSR count). The Bertz CT molecular complexity index is 63.5. The molecule has 0 aromatic heterocycles. The molecule has 0 unspecified atom stereocenters. The first-order valence-corrected chi connectivity index (χ1v) is 5.91. The van der Waals surface area contributed by atoms with E-state index in [4.69, 9.17) is 0 Å². The second kappa shape index (κ2) is 14.5. The van der Waals surface area contributed by atoms with Crippen molar-refractivity contribution in [3.8, 4) is 0 Å². The minimum atomic E-state index is 1.16. The largest absolute Gasteiger partial charge is 0.307 e. The van der Waals surface area contributed by atoms with E-state index in [1.54, 1.807) is 0 Å². The predicted molar refractivity (Wildman–Crippen MR) is 63.3 cm³/mol. The Labute approximate surface area is 85.5 Å². The number of unbranched alkanes of at least 4 members (excludes halogenated alkanes) is 4. The highest BCUT2D eigenvalue weighted by Crippen LogP contribution is 2.00. The molecule has 1 heteroatoms. The molecule has 0 saturated heterocycles. The molecule has 0 aromatic carbocycles. The number of nitrogens with zero attached hydrogens (tertiary/aromatic N) is 1. The third-order valence-electron chi connectivity index (χ3n) is 2.29. The zero-order valence-electron chi connectivity index (χ0n) is 10.4. The maximum Gasteiger partial charge on any atom is -0.00504 e. The van der Waals surface area contributed by atoms with Crippen LogP contribution in [0.25, 0.3) is 0 Å². The molecular weight excluding hydrogens is 158 g/mol. The summed E-state index contributed by atoms with van der Waals surface area (Å²) in [5.41, 5.74) is 0. The first kappa shape index (κ1) is 15.4. The van der Waals surface area contributed by atoms with Crippen LogP contribution in [0.3, 0.4) is 0 Å². The molecule has 1 nitrogen and oxygen atoms in total. The van der Waals surface area contributed by atoms with Crippen LogP contribution in [-0.2, 0) is 0 Å². The van der Waals surface area contributed by atoms with Crippen molar-refractivity contribution in [2.24, 2.45) is 0 Å². The second-order valence-corrected chi connectivity index (χ2v) is 3.55.